The minimum Gasteiger partial charge on any atom is -0.469 e. The van der Waals surface area contributed by atoms with Gasteiger partial charge in [0, 0.05) is 25.5 Å². The predicted octanol–water partition coefficient (Wildman–Crippen LogP) is 2.31. The fraction of sp³-hybridized carbons (Fsp3) is 0.714. The van der Waals surface area contributed by atoms with Crippen LogP contribution in [0, 0.1) is 5.92 Å². The summed E-state index contributed by atoms with van der Waals surface area (Å²) in [5, 5.41) is 9.46. The van der Waals surface area contributed by atoms with Crippen molar-refractivity contribution in [2.45, 2.75) is 32.1 Å². The summed E-state index contributed by atoms with van der Waals surface area (Å²) in [7, 11) is 0. The summed E-state index contributed by atoms with van der Waals surface area (Å²) < 4.78 is 5.35. The number of rotatable bonds is 5. The van der Waals surface area contributed by atoms with Crippen LogP contribution in [0.5, 0.6) is 0 Å². The molecule has 0 amide bonds. The molecule has 0 aliphatic carbocycles. The van der Waals surface area contributed by atoms with E-state index in [0.717, 1.165) is 18.7 Å². The van der Waals surface area contributed by atoms with Crippen LogP contribution in [0.3, 0.4) is 0 Å². The molecule has 1 aromatic heterocycles. The van der Waals surface area contributed by atoms with Crippen LogP contribution >= 0.6 is 0 Å². The molecule has 0 aromatic carbocycles. The fourth-order valence-electron chi connectivity index (χ4n) is 2.58. The number of hydrogen-bond acceptors (Lipinski definition) is 3. The van der Waals surface area contributed by atoms with Crippen molar-refractivity contribution >= 4 is 0 Å². The lowest BCUT2D eigenvalue weighted by Gasteiger charge is -2.24. The smallest absolute Gasteiger partial charge is 0.104 e. The first kappa shape index (κ1) is 12.7. The molecule has 2 heterocycles. The van der Waals surface area contributed by atoms with E-state index in [1.807, 2.05) is 12.1 Å². The Kier molecular flexibility index (Phi) is 5.08. The van der Waals surface area contributed by atoms with Gasteiger partial charge in [0.1, 0.15) is 5.76 Å². The minimum atomic E-state index is 0.247. The zero-order valence-corrected chi connectivity index (χ0v) is 10.5. The fourth-order valence-corrected chi connectivity index (χ4v) is 2.58. The van der Waals surface area contributed by atoms with Gasteiger partial charge in [0.15, 0.2) is 0 Å². The van der Waals surface area contributed by atoms with Crippen LogP contribution < -0.4 is 0 Å². The molecule has 0 radical (unpaired) electrons. The topological polar surface area (TPSA) is 36.6 Å². The number of hydrogen-bond donors (Lipinski definition) is 1. The van der Waals surface area contributed by atoms with E-state index in [-0.39, 0.29) is 6.61 Å². The van der Waals surface area contributed by atoms with Gasteiger partial charge in [-0.1, -0.05) is 12.8 Å². The summed E-state index contributed by atoms with van der Waals surface area (Å²) in [6.45, 7) is 3.62. The van der Waals surface area contributed by atoms with Gasteiger partial charge >= 0.3 is 0 Å². The Morgan fingerprint density at radius 3 is 2.59 bits per heavy atom. The zero-order valence-electron chi connectivity index (χ0n) is 10.5. The number of aliphatic hydroxyl groups is 1. The molecule has 1 fully saturated rings. The Morgan fingerprint density at radius 2 is 2.00 bits per heavy atom. The van der Waals surface area contributed by atoms with Crippen LogP contribution in [-0.4, -0.2) is 36.2 Å². The van der Waals surface area contributed by atoms with E-state index in [1.54, 1.807) is 6.26 Å². The van der Waals surface area contributed by atoms with E-state index in [9.17, 15) is 5.11 Å². The van der Waals surface area contributed by atoms with Gasteiger partial charge in [-0.05, 0) is 38.1 Å². The minimum absolute atomic E-state index is 0.247. The van der Waals surface area contributed by atoms with E-state index in [1.165, 1.54) is 38.8 Å². The maximum absolute atomic E-state index is 9.46. The molecule has 0 saturated carbocycles. The maximum atomic E-state index is 9.46. The molecule has 17 heavy (non-hydrogen) atoms. The van der Waals surface area contributed by atoms with Crippen LogP contribution in [0.1, 0.15) is 31.4 Å². The van der Waals surface area contributed by atoms with Gasteiger partial charge in [-0.15, -0.1) is 0 Å². The predicted molar refractivity (Wildman–Crippen MR) is 67.9 cm³/mol. The standard InChI is InChI=1S/C14H23NO2/c16-12-13(10-14-6-5-9-17-14)11-15-7-3-1-2-4-8-15/h5-6,9,13,16H,1-4,7-8,10-12H2. The second kappa shape index (κ2) is 6.82. The SMILES string of the molecule is OCC(Cc1ccco1)CN1CCCCCC1. The van der Waals surface area contributed by atoms with Crippen molar-refractivity contribution in [2.24, 2.45) is 5.92 Å². The van der Waals surface area contributed by atoms with Crippen molar-refractivity contribution in [3.63, 3.8) is 0 Å². The van der Waals surface area contributed by atoms with E-state index >= 15 is 0 Å². The van der Waals surface area contributed by atoms with Crippen LogP contribution in [0.15, 0.2) is 22.8 Å². The van der Waals surface area contributed by atoms with Crippen molar-refractivity contribution < 1.29 is 9.52 Å². The molecule has 3 nitrogen and oxygen atoms in total. The average Bonchev–Trinajstić information content (AvgIpc) is 2.71. The third-order valence-corrected chi connectivity index (χ3v) is 3.54. The zero-order chi connectivity index (χ0) is 11.9. The van der Waals surface area contributed by atoms with Crippen molar-refractivity contribution in [3.8, 4) is 0 Å². The summed E-state index contributed by atoms with van der Waals surface area (Å²) in [6, 6.07) is 3.90. The highest BCUT2D eigenvalue weighted by Gasteiger charge is 2.16. The summed E-state index contributed by atoms with van der Waals surface area (Å²) in [5.74, 6) is 1.29. The second-order valence-corrected chi connectivity index (χ2v) is 5.05. The highest BCUT2D eigenvalue weighted by Crippen LogP contribution is 2.14. The van der Waals surface area contributed by atoms with Gasteiger partial charge in [-0.3, -0.25) is 0 Å². The molecule has 2 rings (SSSR count). The quantitative estimate of drug-likeness (QED) is 0.853. The lowest BCUT2D eigenvalue weighted by Crippen LogP contribution is -2.32. The van der Waals surface area contributed by atoms with Gasteiger partial charge in [0.05, 0.1) is 6.26 Å². The van der Waals surface area contributed by atoms with Crippen molar-refractivity contribution in [3.05, 3.63) is 24.2 Å². The van der Waals surface area contributed by atoms with Crippen molar-refractivity contribution in [1.29, 1.82) is 0 Å². The Hall–Kier alpha value is -0.800. The third-order valence-electron chi connectivity index (χ3n) is 3.54. The van der Waals surface area contributed by atoms with E-state index in [2.05, 4.69) is 4.90 Å². The third kappa shape index (κ3) is 4.17. The van der Waals surface area contributed by atoms with Crippen LogP contribution in [0.4, 0.5) is 0 Å². The highest BCUT2D eigenvalue weighted by molar-refractivity contribution is 4.99. The normalized spacial score (nSPS) is 20.1. The van der Waals surface area contributed by atoms with Crippen molar-refractivity contribution in [1.82, 2.24) is 4.90 Å². The molecule has 1 aliphatic rings. The van der Waals surface area contributed by atoms with Crippen LogP contribution in [0.25, 0.3) is 0 Å². The lowest BCUT2D eigenvalue weighted by molar-refractivity contribution is 0.161. The molecule has 0 bridgehead atoms. The number of likely N-dealkylation sites (tertiary alicyclic amines) is 1. The second-order valence-electron chi connectivity index (χ2n) is 5.05. The first-order valence-electron chi connectivity index (χ1n) is 6.74. The first-order valence-corrected chi connectivity index (χ1v) is 6.74. The Labute approximate surface area is 103 Å². The van der Waals surface area contributed by atoms with Gasteiger partial charge in [-0.2, -0.15) is 0 Å². The molecule has 3 heteroatoms. The molecule has 1 aromatic rings. The Bertz CT molecular complexity index is 289. The number of furan rings is 1. The molecule has 1 unspecified atom stereocenters. The summed E-state index contributed by atoms with van der Waals surface area (Å²) in [6.07, 6.45) is 7.88. The first-order chi connectivity index (χ1) is 8.38. The lowest BCUT2D eigenvalue weighted by atomic mass is 10.0. The Morgan fingerprint density at radius 1 is 1.24 bits per heavy atom. The van der Waals surface area contributed by atoms with Crippen LogP contribution in [0.2, 0.25) is 0 Å². The average molecular weight is 237 g/mol. The van der Waals surface area contributed by atoms with E-state index < -0.39 is 0 Å². The van der Waals surface area contributed by atoms with E-state index in [0.29, 0.717) is 5.92 Å². The molecular formula is C14H23NO2. The summed E-state index contributed by atoms with van der Waals surface area (Å²) in [5.41, 5.74) is 0. The molecular weight excluding hydrogens is 214 g/mol. The highest BCUT2D eigenvalue weighted by atomic mass is 16.3. The molecule has 96 valence electrons. The largest absolute Gasteiger partial charge is 0.469 e. The molecule has 1 atom stereocenters. The summed E-state index contributed by atoms with van der Waals surface area (Å²) in [4.78, 5) is 2.50. The van der Waals surface area contributed by atoms with Gasteiger partial charge in [0.25, 0.3) is 0 Å². The molecule has 1 saturated heterocycles. The van der Waals surface area contributed by atoms with Gasteiger partial charge in [-0.25, -0.2) is 0 Å². The molecule has 1 aliphatic heterocycles. The van der Waals surface area contributed by atoms with Gasteiger partial charge < -0.3 is 14.4 Å². The number of nitrogens with zero attached hydrogens (tertiary/aromatic N) is 1. The van der Waals surface area contributed by atoms with Gasteiger partial charge in [0.2, 0.25) is 0 Å². The monoisotopic (exact) mass is 237 g/mol. The van der Waals surface area contributed by atoms with Crippen molar-refractivity contribution in [2.75, 3.05) is 26.2 Å². The Balaban J connectivity index is 1.81. The van der Waals surface area contributed by atoms with Crippen LogP contribution in [-0.2, 0) is 6.42 Å². The summed E-state index contributed by atoms with van der Waals surface area (Å²) >= 11 is 0. The number of aliphatic hydroxyl groups excluding tert-OH is 1. The molecule has 0 spiro atoms. The maximum Gasteiger partial charge on any atom is 0.104 e. The van der Waals surface area contributed by atoms with E-state index in [4.69, 9.17) is 4.42 Å². The molecule has 1 N–H and O–H groups in total.